The molecule has 0 atom stereocenters. The van der Waals surface area contributed by atoms with E-state index in [4.69, 9.17) is 11.6 Å². The van der Waals surface area contributed by atoms with Gasteiger partial charge in [0.25, 0.3) is 5.91 Å². The van der Waals surface area contributed by atoms with Gasteiger partial charge in [-0.1, -0.05) is 17.7 Å². The van der Waals surface area contributed by atoms with E-state index in [1.807, 2.05) is 27.8 Å². The Kier molecular flexibility index (Phi) is 6.05. The number of amides is 2. The van der Waals surface area contributed by atoms with Crippen molar-refractivity contribution in [1.29, 1.82) is 0 Å². The minimum Gasteiger partial charge on any atom is -0.352 e. The Balaban J connectivity index is 1.47. The molecule has 1 N–H and O–H groups in total. The van der Waals surface area contributed by atoms with Crippen molar-refractivity contribution in [2.75, 3.05) is 19.6 Å². The lowest BCUT2D eigenvalue weighted by Crippen LogP contribution is -2.34. The van der Waals surface area contributed by atoms with Crippen molar-refractivity contribution < 1.29 is 14.0 Å². The Morgan fingerprint density at radius 2 is 2.07 bits per heavy atom. The summed E-state index contributed by atoms with van der Waals surface area (Å²) in [5, 5.41) is 4.32. The average molecular weight is 434 g/mol. The average Bonchev–Trinajstić information content (AvgIpc) is 3.29. The molecule has 1 aliphatic carbocycles. The molecule has 1 saturated heterocycles. The minimum absolute atomic E-state index is 0.155. The van der Waals surface area contributed by atoms with Gasteiger partial charge >= 0.3 is 0 Å². The molecule has 1 saturated carbocycles. The fraction of sp³-hybridized carbons (Fsp3) is 0.565. The van der Waals surface area contributed by atoms with E-state index in [1.165, 1.54) is 0 Å². The molecule has 2 fully saturated rings. The molecule has 2 aromatic rings. The summed E-state index contributed by atoms with van der Waals surface area (Å²) in [5.41, 5.74) is 0.373. The predicted octanol–water partition coefficient (Wildman–Crippen LogP) is 4.57. The van der Waals surface area contributed by atoms with Crippen molar-refractivity contribution >= 4 is 34.3 Å². The zero-order valence-electron chi connectivity index (χ0n) is 17.4. The maximum atomic E-state index is 14.0. The van der Waals surface area contributed by atoms with Gasteiger partial charge < -0.3 is 14.8 Å². The number of hydrogen-bond acceptors (Lipinski definition) is 2. The van der Waals surface area contributed by atoms with Crippen molar-refractivity contribution in [2.24, 2.45) is 5.92 Å². The first-order valence-electron chi connectivity index (χ1n) is 10.9. The third kappa shape index (κ3) is 4.48. The largest absolute Gasteiger partial charge is 0.352 e. The molecule has 0 unspecified atom stereocenters. The van der Waals surface area contributed by atoms with Crippen LogP contribution < -0.4 is 5.32 Å². The second-order valence-electron chi connectivity index (χ2n) is 8.92. The predicted molar refractivity (Wildman–Crippen MR) is 117 cm³/mol. The van der Waals surface area contributed by atoms with Crippen LogP contribution in [0.4, 0.5) is 4.39 Å². The summed E-state index contributed by atoms with van der Waals surface area (Å²) < 4.78 is 16.0. The van der Waals surface area contributed by atoms with Crippen molar-refractivity contribution in [3.05, 3.63) is 35.0 Å². The quantitative estimate of drug-likeness (QED) is 0.725. The number of rotatable bonds is 6. The molecule has 162 valence electrons. The second-order valence-corrected chi connectivity index (χ2v) is 9.33. The Morgan fingerprint density at radius 3 is 2.77 bits per heavy atom. The van der Waals surface area contributed by atoms with Crippen LogP contribution in [-0.4, -0.2) is 46.6 Å². The molecule has 30 heavy (non-hydrogen) atoms. The van der Waals surface area contributed by atoms with Gasteiger partial charge in [0.1, 0.15) is 5.67 Å². The van der Waals surface area contributed by atoms with Gasteiger partial charge in [0.05, 0.1) is 16.1 Å². The number of hydrogen-bond donors (Lipinski definition) is 1. The number of benzene rings is 1. The third-order valence-corrected chi connectivity index (χ3v) is 6.90. The van der Waals surface area contributed by atoms with Gasteiger partial charge in [0.15, 0.2) is 0 Å². The fourth-order valence-electron chi connectivity index (χ4n) is 4.65. The lowest BCUT2D eigenvalue weighted by molar-refractivity contribution is -0.127. The zero-order chi connectivity index (χ0) is 21.3. The van der Waals surface area contributed by atoms with E-state index in [2.05, 4.69) is 5.32 Å². The highest BCUT2D eigenvalue weighted by atomic mass is 35.5. The van der Waals surface area contributed by atoms with Crippen LogP contribution in [0.2, 0.25) is 5.02 Å². The summed E-state index contributed by atoms with van der Waals surface area (Å²) in [5.74, 6) is 0.347. The van der Waals surface area contributed by atoms with Crippen molar-refractivity contribution in [1.82, 2.24) is 14.8 Å². The molecule has 0 spiro atoms. The molecule has 2 heterocycles. The summed E-state index contributed by atoms with van der Waals surface area (Å²) in [6.07, 6.45) is 6.05. The molecule has 1 aliphatic heterocycles. The van der Waals surface area contributed by atoms with Crippen LogP contribution in [0.25, 0.3) is 10.9 Å². The third-order valence-electron chi connectivity index (χ3n) is 6.58. The van der Waals surface area contributed by atoms with E-state index in [9.17, 15) is 14.0 Å². The van der Waals surface area contributed by atoms with E-state index >= 15 is 0 Å². The van der Waals surface area contributed by atoms with Gasteiger partial charge in [-0.15, -0.1) is 0 Å². The van der Waals surface area contributed by atoms with Crippen LogP contribution in [0, 0.1) is 5.92 Å². The van der Waals surface area contributed by atoms with Gasteiger partial charge in [-0.05, 0) is 57.1 Å². The van der Waals surface area contributed by atoms with Crippen LogP contribution >= 0.6 is 11.6 Å². The number of nitrogens with zero attached hydrogens (tertiary/aromatic N) is 2. The van der Waals surface area contributed by atoms with Crippen molar-refractivity contribution in [3.63, 3.8) is 0 Å². The summed E-state index contributed by atoms with van der Waals surface area (Å²) in [7, 11) is 0. The number of aromatic nitrogens is 1. The molecule has 2 amide bonds. The monoisotopic (exact) mass is 433 g/mol. The van der Waals surface area contributed by atoms with Gasteiger partial charge in [-0.3, -0.25) is 9.59 Å². The Bertz CT molecular complexity index is 945. The maximum Gasteiger partial charge on any atom is 0.253 e. The number of nitrogens with one attached hydrogen (secondary N) is 1. The first kappa shape index (κ1) is 21.2. The van der Waals surface area contributed by atoms with Crippen molar-refractivity contribution in [3.8, 4) is 0 Å². The SMILES string of the molecule is CC1(F)CCC(CNC(=O)c2cn(CCN3CCCC3=O)c3cccc(Cl)c23)CC1. The molecule has 5 nitrogen and oxygen atoms in total. The summed E-state index contributed by atoms with van der Waals surface area (Å²) in [6.45, 7) is 4.25. The number of halogens is 2. The molecule has 2 aliphatic rings. The van der Waals surface area contributed by atoms with Crippen LogP contribution in [0.5, 0.6) is 0 Å². The maximum absolute atomic E-state index is 14.0. The highest BCUT2D eigenvalue weighted by Gasteiger charge is 2.31. The number of alkyl halides is 1. The normalized spacial score (nSPS) is 24.6. The molecule has 1 aromatic heterocycles. The molecular weight excluding hydrogens is 405 g/mol. The van der Waals surface area contributed by atoms with Crippen LogP contribution in [-0.2, 0) is 11.3 Å². The summed E-state index contributed by atoms with van der Waals surface area (Å²) in [4.78, 5) is 26.8. The fourth-order valence-corrected chi connectivity index (χ4v) is 4.92. The van der Waals surface area contributed by atoms with Gasteiger partial charge in [0, 0.05) is 44.2 Å². The van der Waals surface area contributed by atoms with E-state index in [0.717, 1.165) is 36.7 Å². The number of carbonyl (C=O) groups is 2. The molecule has 7 heteroatoms. The lowest BCUT2D eigenvalue weighted by Gasteiger charge is -2.31. The summed E-state index contributed by atoms with van der Waals surface area (Å²) in [6, 6.07) is 5.62. The van der Waals surface area contributed by atoms with Crippen LogP contribution in [0.3, 0.4) is 0 Å². The van der Waals surface area contributed by atoms with Gasteiger partial charge in [-0.25, -0.2) is 4.39 Å². The van der Waals surface area contributed by atoms with Crippen LogP contribution in [0.15, 0.2) is 24.4 Å². The number of fused-ring (bicyclic) bond motifs is 1. The Labute approximate surface area is 181 Å². The second kappa shape index (κ2) is 8.58. The highest BCUT2D eigenvalue weighted by Crippen LogP contribution is 2.34. The van der Waals surface area contributed by atoms with E-state index < -0.39 is 5.67 Å². The minimum atomic E-state index is -1.07. The van der Waals surface area contributed by atoms with Gasteiger partial charge in [-0.2, -0.15) is 0 Å². The summed E-state index contributed by atoms with van der Waals surface area (Å²) >= 11 is 6.45. The Hall–Kier alpha value is -2.08. The number of carbonyl (C=O) groups excluding carboxylic acids is 2. The topological polar surface area (TPSA) is 54.3 Å². The molecule has 0 bridgehead atoms. The van der Waals surface area contributed by atoms with Crippen LogP contribution in [0.1, 0.15) is 55.8 Å². The van der Waals surface area contributed by atoms with Crippen molar-refractivity contribution in [2.45, 2.75) is 57.7 Å². The van der Waals surface area contributed by atoms with Gasteiger partial charge in [0.2, 0.25) is 5.91 Å². The lowest BCUT2D eigenvalue weighted by atomic mass is 9.81. The van der Waals surface area contributed by atoms with E-state index in [-0.39, 0.29) is 11.8 Å². The molecule has 0 radical (unpaired) electrons. The Morgan fingerprint density at radius 1 is 1.30 bits per heavy atom. The van der Waals surface area contributed by atoms with E-state index in [0.29, 0.717) is 55.4 Å². The number of likely N-dealkylation sites (tertiary alicyclic amines) is 1. The smallest absolute Gasteiger partial charge is 0.253 e. The molecule has 1 aromatic carbocycles. The highest BCUT2D eigenvalue weighted by molar-refractivity contribution is 6.36. The first-order chi connectivity index (χ1) is 14.3. The standard InChI is InChI=1S/C23H29ClFN3O2/c1-23(25)9-7-16(8-10-23)14-26-22(30)17-15-28(13-12-27-11-3-6-20(27)29)19-5-2-4-18(24)21(17)19/h2,4-5,15-16H,3,6-14H2,1H3,(H,26,30). The molecular formula is C23H29ClFN3O2. The first-order valence-corrected chi connectivity index (χ1v) is 11.2. The zero-order valence-corrected chi connectivity index (χ0v) is 18.2. The van der Waals surface area contributed by atoms with E-state index in [1.54, 1.807) is 13.0 Å². The molecule has 4 rings (SSSR count).